The van der Waals surface area contributed by atoms with E-state index in [0.29, 0.717) is 29.4 Å². The molecule has 7 nitrogen and oxygen atoms in total. The van der Waals surface area contributed by atoms with Gasteiger partial charge >= 0.3 is 6.03 Å². The number of hydrogen-bond acceptors (Lipinski definition) is 5. The minimum atomic E-state index is -0.781. The van der Waals surface area contributed by atoms with Gasteiger partial charge in [-0.15, -0.1) is 0 Å². The highest BCUT2D eigenvalue weighted by molar-refractivity contribution is 14.1. The van der Waals surface area contributed by atoms with Gasteiger partial charge < -0.3 is 9.47 Å². The molecule has 0 unspecified atom stereocenters. The lowest BCUT2D eigenvalue weighted by molar-refractivity contribution is -0.122. The first-order valence-electron chi connectivity index (χ1n) is 11.8. The molecular formula is C30H23IN2O5. The SMILES string of the molecule is COc1cc(/C=C2\C(=O)NC(=O)N(c3ccccc3C)C2=O)cc(I)c1OCc1ccc2ccccc2c1. The molecule has 38 heavy (non-hydrogen) atoms. The Hall–Kier alpha value is -4.18. The van der Waals surface area contributed by atoms with Gasteiger partial charge in [0, 0.05) is 0 Å². The molecule has 0 spiro atoms. The van der Waals surface area contributed by atoms with Crippen LogP contribution in [0.2, 0.25) is 0 Å². The molecule has 8 heteroatoms. The summed E-state index contributed by atoms with van der Waals surface area (Å²) >= 11 is 2.13. The van der Waals surface area contributed by atoms with E-state index in [2.05, 4.69) is 52.2 Å². The molecule has 0 radical (unpaired) electrons. The number of halogens is 1. The monoisotopic (exact) mass is 618 g/mol. The summed E-state index contributed by atoms with van der Waals surface area (Å²) in [6.45, 7) is 2.13. The van der Waals surface area contributed by atoms with E-state index in [0.717, 1.165) is 30.4 Å². The summed E-state index contributed by atoms with van der Waals surface area (Å²) in [5.41, 5.74) is 2.56. The quantitative estimate of drug-likeness (QED) is 0.163. The molecule has 5 rings (SSSR count). The summed E-state index contributed by atoms with van der Waals surface area (Å²) in [4.78, 5) is 39.4. The first kappa shape index (κ1) is 25.5. The van der Waals surface area contributed by atoms with Crippen molar-refractivity contribution in [2.24, 2.45) is 0 Å². The van der Waals surface area contributed by atoms with Crippen LogP contribution in [0.1, 0.15) is 16.7 Å². The standard InChI is InChI=1S/C30H23IN2O5/c1-18-7-3-6-10-25(18)33-29(35)23(28(34)32-30(33)36)14-20-15-24(31)27(26(16-20)37-2)38-17-19-11-12-21-8-4-5-9-22(21)13-19/h3-16H,17H2,1-2H3,(H,32,34,36)/b23-14+. The average Bonchev–Trinajstić information content (AvgIpc) is 2.91. The highest BCUT2D eigenvalue weighted by atomic mass is 127. The van der Waals surface area contributed by atoms with Crippen LogP contribution < -0.4 is 19.7 Å². The molecule has 4 amide bonds. The topological polar surface area (TPSA) is 84.9 Å². The summed E-state index contributed by atoms with van der Waals surface area (Å²) < 4.78 is 12.5. The van der Waals surface area contributed by atoms with Gasteiger partial charge in [-0.25, -0.2) is 9.69 Å². The number of fused-ring (bicyclic) bond motifs is 1. The number of methoxy groups -OCH3 is 1. The molecule has 1 N–H and O–H groups in total. The second kappa shape index (κ2) is 10.7. The Morgan fingerprint density at radius 3 is 2.42 bits per heavy atom. The molecular weight excluding hydrogens is 595 g/mol. The van der Waals surface area contributed by atoms with E-state index in [1.54, 1.807) is 37.3 Å². The lowest BCUT2D eigenvalue weighted by atomic mass is 10.1. The van der Waals surface area contributed by atoms with Crippen LogP contribution in [0.15, 0.2) is 84.4 Å². The van der Waals surface area contributed by atoms with Gasteiger partial charge in [-0.05, 0) is 87.3 Å². The van der Waals surface area contributed by atoms with Crippen LogP contribution in [-0.4, -0.2) is 25.0 Å². The van der Waals surface area contributed by atoms with Crippen LogP contribution >= 0.6 is 22.6 Å². The normalized spacial score (nSPS) is 14.7. The number of carbonyl (C=O) groups excluding carboxylic acids is 3. The fourth-order valence-corrected chi connectivity index (χ4v) is 5.09. The van der Waals surface area contributed by atoms with Crippen LogP contribution in [0.5, 0.6) is 11.5 Å². The van der Waals surface area contributed by atoms with Crippen LogP contribution in [0.25, 0.3) is 16.8 Å². The van der Waals surface area contributed by atoms with Crippen molar-refractivity contribution in [3.63, 3.8) is 0 Å². The zero-order valence-electron chi connectivity index (χ0n) is 20.7. The molecule has 0 saturated carbocycles. The molecule has 1 aliphatic rings. The summed E-state index contributed by atoms with van der Waals surface area (Å²) in [5.74, 6) is -0.436. The molecule has 1 aliphatic heterocycles. The van der Waals surface area contributed by atoms with Gasteiger partial charge in [0.25, 0.3) is 11.8 Å². The van der Waals surface area contributed by atoms with Gasteiger partial charge in [-0.3, -0.25) is 14.9 Å². The maximum Gasteiger partial charge on any atom is 0.335 e. The van der Waals surface area contributed by atoms with Crippen LogP contribution in [0.4, 0.5) is 10.5 Å². The molecule has 0 aliphatic carbocycles. The number of amides is 4. The molecule has 1 fully saturated rings. The zero-order valence-corrected chi connectivity index (χ0v) is 22.8. The largest absolute Gasteiger partial charge is 0.493 e. The fourth-order valence-electron chi connectivity index (χ4n) is 4.30. The maximum absolute atomic E-state index is 13.3. The Bertz CT molecular complexity index is 1630. The van der Waals surface area contributed by atoms with E-state index in [9.17, 15) is 14.4 Å². The van der Waals surface area contributed by atoms with E-state index >= 15 is 0 Å². The van der Waals surface area contributed by atoms with Crippen LogP contribution in [-0.2, 0) is 16.2 Å². The van der Waals surface area contributed by atoms with Crippen molar-refractivity contribution in [1.29, 1.82) is 0 Å². The molecule has 0 bridgehead atoms. The number of rotatable bonds is 6. The summed E-state index contributed by atoms with van der Waals surface area (Å²) in [7, 11) is 1.53. The van der Waals surface area contributed by atoms with Gasteiger partial charge in [0.2, 0.25) is 0 Å². The second-order valence-electron chi connectivity index (χ2n) is 8.75. The maximum atomic E-state index is 13.3. The minimum absolute atomic E-state index is 0.157. The van der Waals surface area contributed by atoms with E-state index in [1.165, 1.54) is 13.2 Å². The lowest BCUT2D eigenvalue weighted by Crippen LogP contribution is -2.54. The van der Waals surface area contributed by atoms with Crippen molar-refractivity contribution in [1.82, 2.24) is 5.32 Å². The average molecular weight is 618 g/mol. The third kappa shape index (κ3) is 4.99. The Morgan fingerprint density at radius 2 is 1.66 bits per heavy atom. The van der Waals surface area contributed by atoms with Crippen molar-refractivity contribution in [2.45, 2.75) is 13.5 Å². The number of urea groups is 1. The Kier molecular flexibility index (Phi) is 7.15. The molecule has 4 aromatic rings. The number of anilines is 1. The van der Waals surface area contributed by atoms with Crippen LogP contribution in [0.3, 0.4) is 0 Å². The van der Waals surface area contributed by atoms with E-state index < -0.39 is 17.8 Å². The Balaban J connectivity index is 1.43. The van der Waals surface area contributed by atoms with Crippen LogP contribution in [0, 0.1) is 10.5 Å². The van der Waals surface area contributed by atoms with Gasteiger partial charge in [0.15, 0.2) is 11.5 Å². The number of benzene rings is 4. The summed E-state index contributed by atoms with van der Waals surface area (Å²) in [6.07, 6.45) is 1.45. The van der Waals surface area contributed by atoms with Gasteiger partial charge in [-0.2, -0.15) is 0 Å². The number of aryl methyl sites for hydroxylation is 1. The second-order valence-corrected chi connectivity index (χ2v) is 9.91. The minimum Gasteiger partial charge on any atom is -0.493 e. The smallest absolute Gasteiger partial charge is 0.335 e. The summed E-state index contributed by atoms with van der Waals surface area (Å²) in [5, 5.41) is 4.55. The first-order valence-corrected chi connectivity index (χ1v) is 12.9. The molecule has 0 atom stereocenters. The number of nitrogens with zero attached hydrogens (tertiary/aromatic N) is 1. The first-order chi connectivity index (χ1) is 18.4. The highest BCUT2D eigenvalue weighted by Gasteiger charge is 2.37. The van der Waals surface area contributed by atoms with Gasteiger partial charge in [0.05, 0.1) is 16.4 Å². The molecule has 4 aromatic carbocycles. The third-order valence-corrected chi connectivity index (χ3v) is 7.02. The Labute approximate surface area is 233 Å². The van der Waals surface area contributed by atoms with Crippen molar-refractivity contribution >= 4 is 63.0 Å². The van der Waals surface area contributed by atoms with Gasteiger partial charge in [0.1, 0.15) is 12.2 Å². The molecule has 1 saturated heterocycles. The van der Waals surface area contributed by atoms with E-state index in [-0.39, 0.29) is 5.57 Å². The fraction of sp³-hybridized carbons (Fsp3) is 0.100. The molecule has 190 valence electrons. The molecule has 0 aromatic heterocycles. The van der Waals surface area contributed by atoms with E-state index in [4.69, 9.17) is 9.47 Å². The van der Waals surface area contributed by atoms with E-state index in [1.807, 2.05) is 24.3 Å². The third-order valence-electron chi connectivity index (χ3n) is 6.22. The highest BCUT2D eigenvalue weighted by Crippen LogP contribution is 2.36. The predicted octanol–water partition coefficient (Wildman–Crippen LogP) is 6.01. The number of ether oxygens (including phenoxy) is 2. The number of para-hydroxylation sites is 1. The number of nitrogens with one attached hydrogen (secondary N) is 1. The summed E-state index contributed by atoms with van der Waals surface area (Å²) in [6, 6.07) is 24.0. The zero-order chi connectivity index (χ0) is 26.8. The van der Waals surface area contributed by atoms with Crippen molar-refractivity contribution in [2.75, 3.05) is 12.0 Å². The number of hydrogen-bond donors (Lipinski definition) is 1. The number of imide groups is 2. The van der Waals surface area contributed by atoms with Crippen molar-refractivity contribution < 1.29 is 23.9 Å². The Morgan fingerprint density at radius 1 is 0.921 bits per heavy atom. The predicted molar refractivity (Wildman–Crippen MR) is 154 cm³/mol. The number of carbonyl (C=O) groups is 3. The lowest BCUT2D eigenvalue weighted by Gasteiger charge is -2.27. The van der Waals surface area contributed by atoms with Gasteiger partial charge in [-0.1, -0.05) is 54.6 Å². The number of barbiturate groups is 1. The van der Waals surface area contributed by atoms with Crippen molar-refractivity contribution in [3.8, 4) is 11.5 Å². The molecule has 1 heterocycles. The van der Waals surface area contributed by atoms with Crippen molar-refractivity contribution in [3.05, 3.63) is 105 Å².